The Morgan fingerprint density at radius 3 is 2.32 bits per heavy atom. The summed E-state index contributed by atoms with van der Waals surface area (Å²) in [6.45, 7) is -0.158. The number of carboxylic acids is 1. The van der Waals surface area contributed by atoms with Gasteiger partial charge < -0.3 is 15.7 Å². The topological polar surface area (TPSA) is 95.5 Å². The van der Waals surface area contributed by atoms with Gasteiger partial charge in [0.05, 0.1) is 18.5 Å². The number of carbonyl (C=O) groups is 3. The quantitative estimate of drug-likeness (QED) is 0.738. The predicted molar refractivity (Wildman–Crippen MR) is 80.4 cm³/mol. The van der Waals surface area contributed by atoms with Crippen molar-refractivity contribution in [2.75, 3.05) is 6.54 Å². The largest absolute Gasteiger partial charge is 0.481 e. The molecule has 0 bridgehead atoms. The van der Waals surface area contributed by atoms with Crippen molar-refractivity contribution in [3.8, 4) is 0 Å². The van der Waals surface area contributed by atoms with Crippen LogP contribution in [0.2, 0.25) is 0 Å². The third-order valence-electron chi connectivity index (χ3n) is 3.90. The van der Waals surface area contributed by atoms with E-state index in [-0.39, 0.29) is 24.8 Å². The maximum absolute atomic E-state index is 12.0. The number of nitrogens with one attached hydrogen (secondary N) is 2. The highest BCUT2D eigenvalue weighted by atomic mass is 16.4. The van der Waals surface area contributed by atoms with Gasteiger partial charge in [-0.25, -0.2) is 0 Å². The molecule has 0 aromatic heterocycles. The van der Waals surface area contributed by atoms with Gasteiger partial charge in [-0.3, -0.25) is 14.4 Å². The fourth-order valence-electron chi connectivity index (χ4n) is 2.88. The van der Waals surface area contributed by atoms with E-state index in [4.69, 9.17) is 5.11 Å². The number of rotatable bonds is 6. The maximum Gasteiger partial charge on any atom is 0.305 e. The van der Waals surface area contributed by atoms with Crippen molar-refractivity contribution >= 4 is 17.8 Å². The highest BCUT2D eigenvalue weighted by Crippen LogP contribution is 2.32. The minimum atomic E-state index is -0.921. The van der Waals surface area contributed by atoms with Crippen LogP contribution in [0.4, 0.5) is 0 Å². The molecule has 0 spiro atoms. The molecule has 1 aromatic carbocycles. The van der Waals surface area contributed by atoms with Gasteiger partial charge in [0, 0.05) is 5.56 Å². The van der Waals surface area contributed by atoms with Crippen molar-refractivity contribution in [3.63, 3.8) is 0 Å². The Morgan fingerprint density at radius 2 is 1.73 bits per heavy atom. The van der Waals surface area contributed by atoms with E-state index < -0.39 is 11.5 Å². The second kappa shape index (κ2) is 7.06. The lowest BCUT2D eigenvalue weighted by atomic mass is 9.93. The summed E-state index contributed by atoms with van der Waals surface area (Å²) < 4.78 is 0. The molecule has 1 fully saturated rings. The van der Waals surface area contributed by atoms with Crippen LogP contribution in [0.3, 0.4) is 0 Å². The zero-order valence-corrected chi connectivity index (χ0v) is 12.3. The van der Waals surface area contributed by atoms with Crippen LogP contribution < -0.4 is 10.6 Å². The molecule has 3 N–H and O–H groups in total. The number of carboxylic acid groups (broad SMARTS) is 1. The molecule has 2 rings (SSSR count). The molecule has 1 aliphatic carbocycles. The minimum absolute atomic E-state index is 0.0780. The predicted octanol–water partition coefficient (Wildman–Crippen LogP) is 1.32. The zero-order chi connectivity index (χ0) is 16.0. The summed E-state index contributed by atoms with van der Waals surface area (Å²) in [6, 6.07) is 8.62. The van der Waals surface area contributed by atoms with Gasteiger partial charge in [-0.15, -0.1) is 0 Å². The van der Waals surface area contributed by atoms with Gasteiger partial charge >= 0.3 is 5.97 Å². The summed E-state index contributed by atoms with van der Waals surface area (Å²) in [7, 11) is 0. The average molecular weight is 304 g/mol. The van der Waals surface area contributed by atoms with E-state index in [0.717, 1.165) is 12.8 Å². The van der Waals surface area contributed by atoms with Gasteiger partial charge in [0.1, 0.15) is 0 Å². The van der Waals surface area contributed by atoms with Crippen LogP contribution in [0.1, 0.15) is 42.5 Å². The highest BCUT2D eigenvalue weighted by molar-refractivity contribution is 5.96. The fourth-order valence-corrected chi connectivity index (χ4v) is 2.88. The molecule has 0 heterocycles. The summed E-state index contributed by atoms with van der Waals surface area (Å²) in [4.78, 5) is 34.8. The molecule has 6 nitrogen and oxygen atoms in total. The molecule has 6 heteroatoms. The molecular weight excluding hydrogens is 284 g/mol. The molecule has 1 aliphatic rings. The molecular formula is C16H20N2O4. The Morgan fingerprint density at radius 1 is 1.09 bits per heavy atom. The number of hydrogen-bond donors (Lipinski definition) is 3. The third kappa shape index (κ3) is 4.31. The summed E-state index contributed by atoms with van der Waals surface area (Å²) >= 11 is 0. The second-order valence-electron chi connectivity index (χ2n) is 5.65. The van der Waals surface area contributed by atoms with Crippen LogP contribution in [0.25, 0.3) is 0 Å². The van der Waals surface area contributed by atoms with E-state index in [0.29, 0.717) is 18.4 Å². The molecule has 22 heavy (non-hydrogen) atoms. The van der Waals surface area contributed by atoms with Crippen LogP contribution in [-0.2, 0) is 9.59 Å². The highest BCUT2D eigenvalue weighted by Gasteiger charge is 2.37. The van der Waals surface area contributed by atoms with Gasteiger partial charge in [0.2, 0.25) is 5.91 Å². The normalized spacial score (nSPS) is 16.0. The zero-order valence-electron chi connectivity index (χ0n) is 12.3. The van der Waals surface area contributed by atoms with Crippen molar-refractivity contribution in [1.29, 1.82) is 0 Å². The van der Waals surface area contributed by atoms with Crippen LogP contribution in [0, 0.1) is 0 Å². The number of amides is 2. The summed E-state index contributed by atoms with van der Waals surface area (Å²) in [5, 5.41) is 14.3. The average Bonchev–Trinajstić information content (AvgIpc) is 2.92. The summed E-state index contributed by atoms with van der Waals surface area (Å²) in [6.07, 6.45) is 3.06. The monoisotopic (exact) mass is 304 g/mol. The lowest BCUT2D eigenvalue weighted by Gasteiger charge is -2.28. The molecule has 0 unspecified atom stereocenters. The Labute approximate surface area is 128 Å². The Balaban J connectivity index is 1.87. The Bertz CT molecular complexity index is 551. The van der Waals surface area contributed by atoms with E-state index in [1.165, 1.54) is 0 Å². The van der Waals surface area contributed by atoms with E-state index in [2.05, 4.69) is 10.6 Å². The first-order chi connectivity index (χ1) is 10.5. The Hall–Kier alpha value is -2.37. The minimum Gasteiger partial charge on any atom is -0.481 e. The second-order valence-corrected chi connectivity index (χ2v) is 5.65. The summed E-state index contributed by atoms with van der Waals surface area (Å²) in [5.74, 6) is -1.60. The first-order valence-electron chi connectivity index (χ1n) is 7.37. The van der Waals surface area contributed by atoms with Gasteiger partial charge in [0.15, 0.2) is 0 Å². The number of hydrogen-bond acceptors (Lipinski definition) is 3. The van der Waals surface area contributed by atoms with E-state index in [9.17, 15) is 14.4 Å². The van der Waals surface area contributed by atoms with E-state index >= 15 is 0 Å². The molecule has 0 atom stereocenters. The smallest absolute Gasteiger partial charge is 0.305 e. The molecule has 0 aliphatic heterocycles. The lowest BCUT2D eigenvalue weighted by Crippen LogP contribution is -2.51. The standard InChI is InChI=1S/C16H20N2O4/c19-13(11-17-15(22)12-6-2-1-3-7-12)18-16(10-14(20)21)8-4-5-9-16/h1-3,6-7H,4-5,8-11H2,(H,17,22)(H,18,19)(H,20,21). The van der Waals surface area contributed by atoms with E-state index in [1.807, 2.05) is 0 Å². The SMILES string of the molecule is O=C(O)CC1(NC(=O)CNC(=O)c2ccccc2)CCCC1. The first-order valence-corrected chi connectivity index (χ1v) is 7.37. The van der Waals surface area contributed by atoms with Crippen molar-refractivity contribution in [3.05, 3.63) is 35.9 Å². The van der Waals surface area contributed by atoms with E-state index in [1.54, 1.807) is 30.3 Å². The van der Waals surface area contributed by atoms with Crippen LogP contribution in [0.15, 0.2) is 30.3 Å². The van der Waals surface area contributed by atoms with Crippen molar-refractivity contribution in [2.45, 2.75) is 37.6 Å². The molecule has 2 amide bonds. The third-order valence-corrected chi connectivity index (χ3v) is 3.90. The molecule has 1 saturated carbocycles. The molecule has 118 valence electrons. The van der Waals surface area contributed by atoms with Crippen molar-refractivity contribution in [2.24, 2.45) is 0 Å². The van der Waals surface area contributed by atoms with Crippen molar-refractivity contribution in [1.82, 2.24) is 10.6 Å². The van der Waals surface area contributed by atoms with Gasteiger partial charge in [-0.1, -0.05) is 31.0 Å². The number of aliphatic carboxylic acids is 1. The van der Waals surface area contributed by atoms with Crippen LogP contribution in [-0.4, -0.2) is 35.0 Å². The maximum atomic E-state index is 12.0. The molecule has 0 radical (unpaired) electrons. The molecule has 1 aromatic rings. The lowest BCUT2D eigenvalue weighted by molar-refractivity contribution is -0.139. The van der Waals surface area contributed by atoms with Crippen molar-refractivity contribution < 1.29 is 19.5 Å². The first kappa shape index (κ1) is 16.0. The van der Waals surface area contributed by atoms with Crippen LogP contribution in [0.5, 0.6) is 0 Å². The van der Waals surface area contributed by atoms with Crippen LogP contribution >= 0.6 is 0 Å². The number of benzene rings is 1. The summed E-state index contributed by atoms with van der Waals surface area (Å²) in [5.41, 5.74) is -0.183. The van der Waals surface area contributed by atoms with Gasteiger partial charge in [0.25, 0.3) is 5.91 Å². The molecule has 0 saturated heterocycles. The fraction of sp³-hybridized carbons (Fsp3) is 0.438. The van der Waals surface area contributed by atoms with Gasteiger partial charge in [-0.05, 0) is 25.0 Å². The number of carbonyl (C=O) groups excluding carboxylic acids is 2. The Kier molecular flexibility index (Phi) is 5.14. The van der Waals surface area contributed by atoms with Gasteiger partial charge in [-0.2, -0.15) is 0 Å².